The summed E-state index contributed by atoms with van der Waals surface area (Å²) in [5.41, 5.74) is 7.61. The summed E-state index contributed by atoms with van der Waals surface area (Å²) < 4.78 is 5.30. The molecule has 0 spiro atoms. The monoisotopic (exact) mass is 366 g/mol. The number of hydrogen-bond acceptors (Lipinski definition) is 6. The van der Waals surface area contributed by atoms with Gasteiger partial charge < -0.3 is 10.2 Å². The fourth-order valence-electron chi connectivity index (χ4n) is 2.34. The summed E-state index contributed by atoms with van der Waals surface area (Å²) in [6.45, 7) is 0. The number of halogens is 1. The van der Waals surface area contributed by atoms with Gasteiger partial charge >= 0.3 is 0 Å². The SMILES string of the molecule is N#Cc1c(N)nc(SCc2ccco2)c(C#N)c1-c1ccc(Cl)cc1. The van der Waals surface area contributed by atoms with Crippen LogP contribution in [0.25, 0.3) is 11.1 Å². The topological polar surface area (TPSA) is 99.6 Å². The molecule has 0 radical (unpaired) electrons. The molecule has 0 atom stereocenters. The van der Waals surface area contributed by atoms with Crippen LogP contribution in [0, 0.1) is 22.7 Å². The number of nitrogens with two attached hydrogens (primary N) is 1. The van der Waals surface area contributed by atoms with Crippen LogP contribution in [0.3, 0.4) is 0 Å². The molecule has 7 heteroatoms. The largest absolute Gasteiger partial charge is 0.468 e. The Bertz CT molecular complexity index is 986. The minimum atomic E-state index is 0.0911. The maximum Gasteiger partial charge on any atom is 0.143 e. The molecule has 0 aliphatic rings. The first-order valence-electron chi connectivity index (χ1n) is 7.18. The normalized spacial score (nSPS) is 10.2. The highest BCUT2D eigenvalue weighted by atomic mass is 35.5. The van der Waals surface area contributed by atoms with Gasteiger partial charge in [-0.25, -0.2) is 4.98 Å². The van der Waals surface area contributed by atoms with Crippen LogP contribution >= 0.6 is 23.4 Å². The summed E-state index contributed by atoms with van der Waals surface area (Å²) in [7, 11) is 0. The molecule has 0 aliphatic heterocycles. The van der Waals surface area contributed by atoms with Gasteiger partial charge in [0.15, 0.2) is 0 Å². The number of rotatable bonds is 4. The minimum absolute atomic E-state index is 0.0911. The first kappa shape index (κ1) is 16.9. The van der Waals surface area contributed by atoms with Gasteiger partial charge in [-0.2, -0.15) is 10.5 Å². The molecule has 0 amide bonds. The summed E-state index contributed by atoms with van der Waals surface area (Å²) in [5, 5.41) is 20.2. The average molecular weight is 367 g/mol. The van der Waals surface area contributed by atoms with Gasteiger partial charge in [-0.05, 0) is 29.8 Å². The molecule has 2 heterocycles. The van der Waals surface area contributed by atoms with Crippen LogP contribution < -0.4 is 5.73 Å². The molecule has 3 aromatic rings. The molecule has 0 saturated carbocycles. The molecule has 5 nitrogen and oxygen atoms in total. The molecule has 0 unspecified atom stereocenters. The fourth-order valence-corrected chi connectivity index (χ4v) is 3.37. The fraction of sp³-hybridized carbons (Fsp3) is 0.0556. The Balaban J connectivity index is 2.13. The molecular weight excluding hydrogens is 356 g/mol. The van der Waals surface area contributed by atoms with Crippen LogP contribution in [0.5, 0.6) is 0 Å². The van der Waals surface area contributed by atoms with Crippen molar-refractivity contribution in [3.63, 3.8) is 0 Å². The lowest BCUT2D eigenvalue weighted by molar-refractivity contribution is 0.530. The van der Waals surface area contributed by atoms with Gasteiger partial charge in [0, 0.05) is 10.6 Å². The summed E-state index contributed by atoms with van der Waals surface area (Å²) in [6.07, 6.45) is 1.58. The zero-order valence-corrected chi connectivity index (χ0v) is 14.4. The maximum atomic E-state index is 9.68. The van der Waals surface area contributed by atoms with Crippen molar-refractivity contribution < 1.29 is 4.42 Å². The Hall–Kier alpha value is -2.93. The summed E-state index contributed by atoms with van der Waals surface area (Å²) in [5.74, 6) is 1.35. The molecule has 1 aromatic carbocycles. The van der Waals surface area contributed by atoms with Crippen LogP contribution in [0.15, 0.2) is 52.1 Å². The van der Waals surface area contributed by atoms with Gasteiger partial charge in [-0.1, -0.05) is 35.5 Å². The van der Waals surface area contributed by atoms with E-state index in [1.807, 2.05) is 12.1 Å². The number of pyridine rings is 1. The Morgan fingerprint density at radius 3 is 2.44 bits per heavy atom. The number of anilines is 1. The van der Waals surface area contributed by atoms with Crippen molar-refractivity contribution >= 4 is 29.2 Å². The van der Waals surface area contributed by atoms with Crippen molar-refractivity contribution in [1.82, 2.24) is 4.98 Å². The third-order valence-electron chi connectivity index (χ3n) is 3.48. The number of nitrogen functional groups attached to an aromatic ring is 1. The number of thioether (sulfide) groups is 1. The molecule has 25 heavy (non-hydrogen) atoms. The van der Waals surface area contributed by atoms with E-state index in [1.54, 1.807) is 36.6 Å². The predicted octanol–water partition coefficient (Wildman–Crippen LogP) is 4.61. The summed E-state index contributed by atoms with van der Waals surface area (Å²) in [6, 6.07) is 14.7. The highest BCUT2D eigenvalue weighted by molar-refractivity contribution is 7.98. The third-order valence-corrected chi connectivity index (χ3v) is 4.73. The van der Waals surface area contributed by atoms with E-state index in [1.165, 1.54) is 11.8 Å². The number of hydrogen-bond donors (Lipinski definition) is 1. The van der Waals surface area contributed by atoms with Crippen LogP contribution in [-0.2, 0) is 5.75 Å². The van der Waals surface area contributed by atoms with Crippen molar-refractivity contribution in [3.05, 3.63) is 64.6 Å². The van der Waals surface area contributed by atoms with Crippen molar-refractivity contribution in [2.24, 2.45) is 0 Å². The van der Waals surface area contributed by atoms with Crippen LogP contribution in [0.4, 0.5) is 5.82 Å². The summed E-state index contributed by atoms with van der Waals surface area (Å²) in [4.78, 5) is 4.25. The van der Waals surface area contributed by atoms with E-state index >= 15 is 0 Å². The zero-order valence-electron chi connectivity index (χ0n) is 12.9. The molecule has 2 aromatic heterocycles. The second kappa shape index (κ2) is 7.31. The minimum Gasteiger partial charge on any atom is -0.468 e. The standard InChI is InChI=1S/C18H11ClN4OS/c19-12-5-3-11(4-6-12)16-14(8-20)17(22)23-18(15(16)9-21)25-10-13-2-1-7-24-13/h1-7H,10H2,(H2,22,23). The zero-order chi connectivity index (χ0) is 17.8. The van der Waals surface area contributed by atoms with E-state index in [0.717, 1.165) is 5.76 Å². The molecule has 2 N–H and O–H groups in total. The molecule has 0 bridgehead atoms. The van der Waals surface area contributed by atoms with E-state index < -0.39 is 0 Å². The van der Waals surface area contributed by atoms with E-state index in [0.29, 0.717) is 32.5 Å². The number of aromatic nitrogens is 1. The van der Waals surface area contributed by atoms with Crippen LogP contribution in [-0.4, -0.2) is 4.98 Å². The lowest BCUT2D eigenvalue weighted by atomic mass is 9.97. The highest BCUT2D eigenvalue weighted by Crippen LogP contribution is 2.36. The Morgan fingerprint density at radius 2 is 1.84 bits per heavy atom. The lowest BCUT2D eigenvalue weighted by Gasteiger charge is -2.12. The van der Waals surface area contributed by atoms with Gasteiger partial charge in [0.1, 0.15) is 34.3 Å². The predicted molar refractivity (Wildman–Crippen MR) is 96.8 cm³/mol. The van der Waals surface area contributed by atoms with Crippen LogP contribution in [0.2, 0.25) is 5.02 Å². The van der Waals surface area contributed by atoms with E-state index in [4.69, 9.17) is 21.8 Å². The molecule has 3 rings (SSSR count). The second-order valence-electron chi connectivity index (χ2n) is 5.03. The van der Waals surface area contributed by atoms with Gasteiger partial charge in [-0.3, -0.25) is 0 Å². The lowest BCUT2D eigenvalue weighted by Crippen LogP contribution is -2.03. The number of nitriles is 2. The van der Waals surface area contributed by atoms with Gasteiger partial charge in [-0.15, -0.1) is 0 Å². The highest BCUT2D eigenvalue weighted by Gasteiger charge is 2.20. The smallest absolute Gasteiger partial charge is 0.143 e. The Labute approximate surface area is 153 Å². The molecular formula is C18H11ClN4OS. The molecule has 0 saturated heterocycles. The Kier molecular flexibility index (Phi) is 4.95. The van der Waals surface area contributed by atoms with Crippen molar-refractivity contribution in [1.29, 1.82) is 10.5 Å². The van der Waals surface area contributed by atoms with Gasteiger partial charge in [0.25, 0.3) is 0 Å². The van der Waals surface area contributed by atoms with E-state index in [9.17, 15) is 10.5 Å². The number of nitrogens with zero attached hydrogens (tertiary/aromatic N) is 3. The van der Waals surface area contributed by atoms with Gasteiger partial charge in [0.2, 0.25) is 0 Å². The first-order chi connectivity index (χ1) is 12.1. The van der Waals surface area contributed by atoms with Crippen molar-refractivity contribution in [2.75, 3.05) is 5.73 Å². The van der Waals surface area contributed by atoms with E-state index in [2.05, 4.69) is 11.1 Å². The Morgan fingerprint density at radius 1 is 1.12 bits per heavy atom. The molecule has 0 fully saturated rings. The van der Waals surface area contributed by atoms with Crippen molar-refractivity contribution in [3.8, 4) is 23.3 Å². The molecule has 0 aliphatic carbocycles. The van der Waals surface area contributed by atoms with Crippen LogP contribution in [0.1, 0.15) is 16.9 Å². The maximum absolute atomic E-state index is 9.68. The molecule has 122 valence electrons. The van der Waals surface area contributed by atoms with Crippen molar-refractivity contribution in [2.45, 2.75) is 10.8 Å². The second-order valence-corrected chi connectivity index (χ2v) is 6.43. The first-order valence-corrected chi connectivity index (χ1v) is 8.55. The quantitative estimate of drug-likeness (QED) is 0.676. The third kappa shape index (κ3) is 3.46. The van der Waals surface area contributed by atoms with E-state index in [-0.39, 0.29) is 11.4 Å². The summed E-state index contributed by atoms with van der Waals surface area (Å²) >= 11 is 7.27. The van der Waals surface area contributed by atoms with Gasteiger partial charge in [0.05, 0.1) is 17.6 Å². The average Bonchev–Trinajstić information content (AvgIpc) is 3.13. The number of furan rings is 1. The number of benzene rings is 1.